The van der Waals surface area contributed by atoms with Gasteiger partial charge in [0.05, 0.1) is 0 Å². The normalized spacial score (nSPS) is 11.8. The molecule has 0 aliphatic rings. The van der Waals surface area contributed by atoms with Crippen molar-refractivity contribution in [3.8, 4) is 0 Å². The van der Waals surface area contributed by atoms with Crippen LogP contribution in [0.5, 0.6) is 0 Å². The SMILES string of the molecule is CN(C)[P+](O)(OCc1ccccc1)OCc1ccccc1. The third kappa shape index (κ3) is 4.88. The minimum atomic E-state index is -3.04. The zero-order valence-electron chi connectivity index (χ0n) is 12.3. The average molecular weight is 306 g/mol. The zero-order chi connectivity index (χ0) is 15.1. The molecule has 2 aromatic rings. The Kier molecular flexibility index (Phi) is 5.85. The summed E-state index contributed by atoms with van der Waals surface area (Å²) < 4.78 is 12.9. The lowest BCUT2D eigenvalue weighted by atomic mass is 10.2. The van der Waals surface area contributed by atoms with Crippen LogP contribution in [0.3, 0.4) is 0 Å². The number of nitrogens with zero attached hydrogens (tertiary/aromatic N) is 1. The van der Waals surface area contributed by atoms with Gasteiger partial charge in [-0.15, -0.1) is 4.67 Å². The molecule has 4 nitrogen and oxygen atoms in total. The molecule has 0 aliphatic heterocycles. The van der Waals surface area contributed by atoms with E-state index in [2.05, 4.69) is 0 Å². The average Bonchev–Trinajstić information content (AvgIpc) is 2.53. The molecule has 2 rings (SSSR count). The van der Waals surface area contributed by atoms with Crippen molar-refractivity contribution in [2.45, 2.75) is 13.2 Å². The van der Waals surface area contributed by atoms with Crippen LogP contribution in [-0.2, 0) is 22.3 Å². The Morgan fingerprint density at radius 2 is 1.19 bits per heavy atom. The molecule has 2 aromatic carbocycles. The Hall–Kier alpha value is -1.29. The van der Waals surface area contributed by atoms with Gasteiger partial charge in [-0.25, -0.2) is 0 Å². The van der Waals surface area contributed by atoms with E-state index in [9.17, 15) is 4.89 Å². The van der Waals surface area contributed by atoms with Crippen LogP contribution < -0.4 is 0 Å². The summed E-state index contributed by atoms with van der Waals surface area (Å²) in [5, 5.41) is 0. The van der Waals surface area contributed by atoms with Gasteiger partial charge in [0.2, 0.25) is 0 Å². The second-order valence-electron chi connectivity index (χ2n) is 4.86. The molecular weight excluding hydrogens is 285 g/mol. The number of benzene rings is 2. The first-order valence-corrected chi connectivity index (χ1v) is 8.30. The first kappa shape index (κ1) is 16.1. The molecular formula is C16H21NO3P+. The van der Waals surface area contributed by atoms with Crippen molar-refractivity contribution in [2.75, 3.05) is 14.1 Å². The molecule has 0 aliphatic carbocycles. The van der Waals surface area contributed by atoms with E-state index in [1.165, 1.54) is 0 Å². The Balaban J connectivity index is 1.96. The lowest BCUT2D eigenvalue weighted by Crippen LogP contribution is -2.19. The van der Waals surface area contributed by atoms with E-state index >= 15 is 0 Å². The smallest absolute Gasteiger partial charge is 0.177 e. The highest BCUT2D eigenvalue weighted by Crippen LogP contribution is 2.59. The largest absolute Gasteiger partial charge is 0.501 e. The fourth-order valence-electron chi connectivity index (χ4n) is 1.73. The van der Waals surface area contributed by atoms with Crippen molar-refractivity contribution < 1.29 is 13.9 Å². The second kappa shape index (κ2) is 7.64. The molecule has 0 spiro atoms. The highest BCUT2D eigenvalue weighted by Gasteiger charge is 2.45. The van der Waals surface area contributed by atoms with Gasteiger partial charge in [-0.1, -0.05) is 60.7 Å². The monoisotopic (exact) mass is 306 g/mol. The zero-order valence-corrected chi connectivity index (χ0v) is 13.2. The molecule has 5 heteroatoms. The summed E-state index contributed by atoms with van der Waals surface area (Å²) in [5.74, 6) is 0. The molecule has 1 N–H and O–H groups in total. The van der Waals surface area contributed by atoms with Crippen molar-refractivity contribution >= 4 is 8.09 Å². The minimum absolute atomic E-state index is 0.318. The Morgan fingerprint density at radius 3 is 1.52 bits per heavy atom. The van der Waals surface area contributed by atoms with Crippen molar-refractivity contribution in [1.29, 1.82) is 0 Å². The van der Waals surface area contributed by atoms with Crippen LogP contribution in [0, 0.1) is 0 Å². The summed E-state index contributed by atoms with van der Waals surface area (Å²) >= 11 is 0. The van der Waals surface area contributed by atoms with E-state index in [1.807, 2.05) is 60.7 Å². The van der Waals surface area contributed by atoms with Gasteiger partial charge in [-0.05, 0) is 11.1 Å². The lowest BCUT2D eigenvalue weighted by Gasteiger charge is -2.21. The fourth-order valence-corrected chi connectivity index (χ4v) is 2.90. The Labute approximate surface area is 126 Å². The molecule has 0 amide bonds. The molecule has 0 bridgehead atoms. The van der Waals surface area contributed by atoms with Gasteiger partial charge in [0.15, 0.2) is 0 Å². The van der Waals surface area contributed by atoms with Gasteiger partial charge >= 0.3 is 8.09 Å². The molecule has 112 valence electrons. The van der Waals surface area contributed by atoms with Crippen molar-refractivity contribution in [3.05, 3.63) is 71.8 Å². The Bertz CT molecular complexity index is 490. The Morgan fingerprint density at radius 1 is 0.810 bits per heavy atom. The molecule has 0 atom stereocenters. The van der Waals surface area contributed by atoms with Crippen LogP contribution in [0.4, 0.5) is 0 Å². The van der Waals surface area contributed by atoms with Crippen molar-refractivity contribution in [2.24, 2.45) is 0 Å². The van der Waals surface area contributed by atoms with E-state index in [0.717, 1.165) is 11.1 Å². The maximum Gasteiger partial charge on any atom is 0.501 e. The molecule has 0 unspecified atom stereocenters. The molecule has 0 heterocycles. The van der Waals surface area contributed by atoms with Gasteiger partial charge in [0.25, 0.3) is 0 Å². The fraction of sp³-hybridized carbons (Fsp3) is 0.250. The summed E-state index contributed by atoms with van der Waals surface area (Å²) in [5.41, 5.74) is 2.00. The molecule has 21 heavy (non-hydrogen) atoms. The maximum absolute atomic E-state index is 10.6. The summed E-state index contributed by atoms with van der Waals surface area (Å²) in [4.78, 5) is 10.6. The molecule has 0 radical (unpaired) electrons. The number of hydrogen-bond acceptors (Lipinski definition) is 4. The van der Waals surface area contributed by atoms with E-state index in [0.29, 0.717) is 13.2 Å². The molecule has 0 saturated heterocycles. The number of rotatable bonds is 7. The van der Waals surface area contributed by atoms with Gasteiger partial charge < -0.3 is 0 Å². The van der Waals surface area contributed by atoms with Crippen LogP contribution in [0.15, 0.2) is 60.7 Å². The quantitative estimate of drug-likeness (QED) is 0.793. The van der Waals surface area contributed by atoms with Crippen LogP contribution in [-0.4, -0.2) is 23.7 Å². The minimum Gasteiger partial charge on any atom is -0.177 e. The standard InChI is InChI=1S/C16H21NO3P/c1-17(2)21(18,19-13-15-9-5-3-6-10-15)20-14-16-11-7-4-8-12-16/h3-12,18H,13-14H2,1-2H3/q+1. The highest BCUT2D eigenvalue weighted by molar-refractivity contribution is 7.58. The van der Waals surface area contributed by atoms with Crippen LogP contribution in [0.1, 0.15) is 11.1 Å². The van der Waals surface area contributed by atoms with Gasteiger partial charge in [-0.2, -0.15) is 13.9 Å². The summed E-state index contributed by atoms with van der Waals surface area (Å²) in [6.07, 6.45) is 0. The first-order chi connectivity index (χ1) is 10.1. The molecule has 0 aromatic heterocycles. The van der Waals surface area contributed by atoms with Crippen molar-refractivity contribution in [1.82, 2.24) is 4.67 Å². The van der Waals surface area contributed by atoms with Gasteiger partial charge in [0, 0.05) is 14.1 Å². The number of hydrogen-bond donors (Lipinski definition) is 1. The molecule has 0 saturated carbocycles. The van der Waals surface area contributed by atoms with Crippen LogP contribution in [0.2, 0.25) is 0 Å². The van der Waals surface area contributed by atoms with E-state index < -0.39 is 8.09 Å². The van der Waals surface area contributed by atoms with Crippen LogP contribution >= 0.6 is 8.09 Å². The van der Waals surface area contributed by atoms with E-state index in [1.54, 1.807) is 18.8 Å². The highest BCUT2D eigenvalue weighted by atomic mass is 31.2. The summed E-state index contributed by atoms with van der Waals surface area (Å²) in [6.45, 7) is 0.635. The lowest BCUT2D eigenvalue weighted by molar-refractivity contribution is 0.127. The maximum atomic E-state index is 10.6. The first-order valence-electron chi connectivity index (χ1n) is 6.77. The van der Waals surface area contributed by atoms with Crippen molar-refractivity contribution in [3.63, 3.8) is 0 Å². The predicted octanol–water partition coefficient (Wildman–Crippen LogP) is 3.65. The second-order valence-corrected chi connectivity index (χ2v) is 7.15. The topological polar surface area (TPSA) is 41.9 Å². The summed E-state index contributed by atoms with van der Waals surface area (Å²) in [7, 11) is 0.469. The third-order valence-electron chi connectivity index (χ3n) is 2.99. The van der Waals surface area contributed by atoms with Crippen LogP contribution in [0.25, 0.3) is 0 Å². The third-order valence-corrected chi connectivity index (χ3v) is 4.93. The summed E-state index contributed by atoms with van der Waals surface area (Å²) in [6, 6.07) is 19.5. The van der Waals surface area contributed by atoms with E-state index in [-0.39, 0.29) is 0 Å². The molecule has 0 fully saturated rings. The predicted molar refractivity (Wildman–Crippen MR) is 85.3 cm³/mol. The van der Waals surface area contributed by atoms with Gasteiger partial charge in [0.1, 0.15) is 13.2 Å². The van der Waals surface area contributed by atoms with E-state index in [4.69, 9.17) is 9.05 Å². The van der Waals surface area contributed by atoms with Gasteiger partial charge in [-0.3, -0.25) is 0 Å².